The Hall–Kier alpha value is -3.22. The van der Waals surface area contributed by atoms with E-state index in [1.807, 2.05) is 18.2 Å². The molecule has 2 heterocycles. The Morgan fingerprint density at radius 2 is 1.82 bits per heavy atom. The Labute approximate surface area is 200 Å². The summed E-state index contributed by atoms with van der Waals surface area (Å²) in [6.45, 7) is 4.91. The number of amides is 1. The second-order valence-corrected chi connectivity index (χ2v) is 11.0. The van der Waals surface area contributed by atoms with E-state index in [0.717, 1.165) is 16.6 Å². The number of hydrogen-bond donors (Lipinski definition) is 2. The van der Waals surface area contributed by atoms with Crippen LogP contribution in [0.2, 0.25) is 0 Å². The first-order valence-corrected chi connectivity index (χ1v) is 12.1. The number of phenols is 1. The lowest BCUT2D eigenvalue weighted by molar-refractivity contribution is 0.0141. The number of aromatic nitrogens is 3. The number of rotatable bonds is 4. The number of fused-ring (bicyclic) bond motifs is 3. The molecule has 0 saturated heterocycles. The molecule has 178 valence electrons. The van der Waals surface area contributed by atoms with Crippen molar-refractivity contribution in [1.82, 2.24) is 20.5 Å². The predicted octanol–water partition coefficient (Wildman–Crippen LogP) is 4.94. The van der Waals surface area contributed by atoms with E-state index in [0.29, 0.717) is 33.8 Å². The summed E-state index contributed by atoms with van der Waals surface area (Å²) in [7, 11) is 3.69. The van der Waals surface area contributed by atoms with Crippen molar-refractivity contribution in [2.45, 2.75) is 58.4 Å². The lowest BCUT2D eigenvalue weighted by atomic mass is 9.55. The number of benzene rings is 1. The molecule has 2 N–H and O–H groups in total. The van der Waals surface area contributed by atoms with E-state index >= 15 is 0 Å². The zero-order valence-corrected chi connectivity index (χ0v) is 20.4. The Kier molecular flexibility index (Phi) is 5.46. The molecule has 2 fully saturated rings. The third kappa shape index (κ3) is 4.08. The van der Waals surface area contributed by atoms with Gasteiger partial charge in [0.25, 0.3) is 5.91 Å². The average molecular weight is 460 g/mol. The van der Waals surface area contributed by atoms with Crippen LogP contribution < -0.4 is 10.2 Å². The van der Waals surface area contributed by atoms with Gasteiger partial charge in [-0.25, -0.2) is 0 Å². The van der Waals surface area contributed by atoms with Gasteiger partial charge in [0.1, 0.15) is 11.4 Å². The molecule has 2 aromatic heterocycles. The summed E-state index contributed by atoms with van der Waals surface area (Å²) < 4.78 is 0. The zero-order chi connectivity index (χ0) is 24.1. The van der Waals surface area contributed by atoms with Crippen molar-refractivity contribution in [2.24, 2.45) is 10.8 Å². The quantitative estimate of drug-likeness (QED) is 0.574. The molecule has 3 atom stereocenters. The first-order chi connectivity index (χ1) is 16.2. The molecule has 2 bridgehead atoms. The van der Waals surface area contributed by atoms with Gasteiger partial charge in [-0.2, -0.15) is 0 Å². The zero-order valence-electron chi connectivity index (χ0n) is 20.4. The number of nitrogens with one attached hydrogen (secondary N) is 1. The van der Waals surface area contributed by atoms with Crippen molar-refractivity contribution in [3.05, 3.63) is 42.2 Å². The standard InChI is InChI=1S/C27H33N5O2/c1-26-8-5-9-27(2,16-26)14-19(13-26)32(4)24-7-6-21(30-31-24)20-10-18-15-29-22(25(34)28-3)11-17(18)12-23(20)33/h6-7,10-12,15,19,33H,5,8-9,13-14,16H2,1-4H3,(H,28,34)/t19-,26-,27+. The fraction of sp³-hybridized carbons (Fsp3) is 0.481. The van der Waals surface area contributed by atoms with Gasteiger partial charge in [-0.1, -0.05) is 20.3 Å². The Bertz CT molecular complexity index is 1230. The number of pyridine rings is 1. The molecule has 0 radical (unpaired) electrons. The van der Waals surface area contributed by atoms with E-state index in [1.54, 1.807) is 25.4 Å². The van der Waals surface area contributed by atoms with Crippen LogP contribution in [0.15, 0.2) is 36.5 Å². The van der Waals surface area contributed by atoms with E-state index in [2.05, 4.69) is 46.3 Å². The molecule has 3 aromatic rings. The minimum atomic E-state index is -0.263. The molecule has 1 aromatic carbocycles. The van der Waals surface area contributed by atoms with Gasteiger partial charge in [-0.3, -0.25) is 9.78 Å². The predicted molar refractivity (Wildman–Crippen MR) is 134 cm³/mol. The summed E-state index contributed by atoms with van der Waals surface area (Å²) in [6.07, 6.45) is 9.33. The van der Waals surface area contributed by atoms with Crippen molar-refractivity contribution < 1.29 is 9.90 Å². The second-order valence-electron chi connectivity index (χ2n) is 11.0. The van der Waals surface area contributed by atoms with Crippen molar-refractivity contribution in [3.63, 3.8) is 0 Å². The summed E-state index contributed by atoms with van der Waals surface area (Å²) in [5.74, 6) is 0.691. The maximum atomic E-state index is 11.9. The topological polar surface area (TPSA) is 91.2 Å². The van der Waals surface area contributed by atoms with Crippen LogP contribution in [0.5, 0.6) is 5.75 Å². The molecular formula is C27H33N5O2. The van der Waals surface area contributed by atoms with Gasteiger partial charge in [0.2, 0.25) is 0 Å². The first kappa shape index (κ1) is 22.6. The molecule has 0 unspecified atom stereocenters. The highest BCUT2D eigenvalue weighted by molar-refractivity contribution is 5.97. The molecule has 2 aliphatic carbocycles. The lowest BCUT2D eigenvalue weighted by Gasteiger charge is -2.54. The van der Waals surface area contributed by atoms with Crippen molar-refractivity contribution in [3.8, 4) is 17.0 Å². The van der Waals surface area contributed by atoms with Crippen LogP contribution in [0.25, 0.3) is 22.0 Å². The number of carbonyl (C=O) groups is 1. The van der Waals surface area contributed by atoms with Crippen molar-refractivity contribution in [2.75, 3.05) is 19.0 Å². The maximum Gasteiger partial charge on any atom is 0.269 e. The van der Waals surface area contributed by atoms with Crippen LogP contribution in [0.1, 0.15) is 62.9 Å². The maximum absolute atomic E-state index is 11.9. The molecule has 0 aliphatic heterocycles. The Morgan fingerprint density at radius 1 is 1.09 bits per heavy atom. The number of nitrogens with zero attached hydrogens (tertiary/aromatic N) is 4. The number of hydrogen-bond acceptors (Lipinski definition) is 6. The molecule has 34 heavy (non-hydrogen) atoms. The highest BCUT2D eigenvalue weighted by atomic mass is 16.3. The van der Waals surface area contributed by atoms with Crippen LogP contribution >= 0.6 is 0 Å². The fourth-order valence-corrected chi connectivity index (χ4v) is 6.46. The summed E-state index contributed by atoms with van der Waals surface area (Å²) in [6, 6.07) is 9.51. The average Bonchev–Trinajstić information content (AvgIpc) is 2.81. The summed E-state index contributed by atoms with van der Waals surface area (Å²) in [4.78, 5) is 18.4. The molecule has 2 saturated carbocycles. The highest BCUT2D eigenvalue weighted by Crippen LogP contribution is 2.56. The van der Waals surface area contributed by atoms with Gasteiger partial charge in [0.15, 0.2) is 5.82 Å². The van der Waals surface area contributed by atoms with E-state index < -0.39 is 0 Å². The Morgan fingerprint density at radius 3 is 2.47 bits per heavy atom. The van der Waals surface area contributed by atoms with E-state index in [-0.39, 0.29) is 11.7 Å². The van der Waals surface area contributed by atoms with E-state index in [4.69, 9.17) is 0 Å². The minimum Gasteiger partial charge on any atom is -0.507 e. The minimum absolute atomic E-state index is 0.0953. The molecule has 0 spiro atoms. The molecule has 2 aliphatic rings. The first-order valence-electron chi connectivity index (χ1n) is 12.1. The summed E-state index contributed by atoms with van der Waals surface area (Å²) in [5.41, 5.74) is 2.34. The molecular weight excluding hydrogens is 426 g/mol. The normalized spacial score (nSPS) is 26.3. The SMILES string of the molecule is CNC(=O)c1cc2cc(O)c(-c3ccc(N(C)[C@H]4C[C@]5(C)CCC[C@](C)(C4)C5)nn3)cc2cn1. The fourth-order valence-electron chi connectivity index (χ4n) is 6.46. The van der Waals surface area contributed by atoms with E-state index in [9.17, 15) is 9.90 Å². The van der Waals surface area contributed by atoms with Crippen molar-refractivity contribution >= 4 is 22.5 Å². The smallest absolute Gasteiger partial charge is 0.269 e. The van der Waals surface area contributed by atoms with Crippen molar-refractivity contribution in [1.29, 1.82) is 0 Å². The number of aromatic hydroxyl groups is 1. The molecule has 1 amide bonds. The van der Waals surface area contributed by atoms with Gasteiger partial charge >= 0.3 is 0 Å². The van der Waals surface area contributed by atoms with Crippen LogP contribution in [-0.2, 0) is 0 Å². The molecule has 7 nitrogen and oxygen atoms in total. The molecule has 5 rings (SSSR count). The largest absolute Gasteiger partial charge is 0.507 e. The second kappa shape index (κ2) is 8.22. The lowest BCUT2D eigenvalue weighted by Crippen LogP contribution is -2.49. The highest BCUT2D eigenvalue weighted by Gasteiger charge is 2.47. The number of carbonyl (C=O) groups excluding carboxylic acids is 1. The monoisotopic (exact) mass is 459 g/mol. The van der Waals surface area contributed by atoms with Gasteiger partial charge in [0.05, 0.1) is 5.69 Å². The van der Waals surface area contributed by atoms with Crippen LogP contribution in [0.3, 0.4) is 0 Å². The van der Waals surface area contributed by atoms with Gasteiger partial charge in [0, 0.05) is 37.3 Å². The number of anilines is 1. The van der Waals surface area contributed by atoms with Gasteiger partial charge < -0.3 is 15.3 Å². The van der Waals surface area contributed by atoms with Crippen LogP contribution in [0.4, 0.5) is 5.82 Å². The van der Waals surface area contributed by atoms with Crippen LogP contribution in [-0.4, -0.2) is 46.3 Å². The van der Waals surface area contributed by atoms with Gasteiger partial charge in [-0.05, 0) is 78.7 Å². The third-order valence-corrected chi connectivity index (χ3v) is 8.00. The summed E-state index contributed by atoms with van der Waals surface area (Å²) in [5, 5.41) is 23.8. The Balaban J connectivity index is 1.39. The molecule has 7 heteroatoms. The van der Waals surface area contributed by atoms with E-state index in [1.165, 1.54) is 38.5 Å². The third-order valence-electron chi connectivity index (χ3n) is 8.00. The van der Waals surface area contributed by atoms with Crippen LogP contribution in [0, 0.1) is 10.8 Å². The number of phenolic OH excluding ortho intramolecular Hbond substituents is 1. The van der Waals surface area contributed by atoms with Gasteiger partial charge in [-0.15, -0.1) is 10.2 Å². The summed E-state index contributed by atoms with van der Waals surface area (Å²) >= 11 is 0.